The van der Waals surface area contributed by atoms with E-state index in [-0.39, 0.29) is 22.3 Å². The van der Waals surface area contributed by atoms with Crippen LogP contribution in [-0.4, -0.2) is 28.8 Å². The fourth-order valence-corrected chi connectivity index (χ4v) is 4.35. The summed E-state index contributed by atoms with van der Waals surface area (Å²) in [4.78, 5) is 35.2. The normalized spacial score (nSPS) is 15.5. The molecular formula is C25H22N2O3S. The maximum atomic E-state index is 12.2. The van der Waals surface area contributed by atoms with Crippen LogP contribution in [0, 0.1) is 0 Å². The molecule has 1 aliphatic rings. The fourth-order valence-electron chi connectivity index (χ4n) is 3.49. The molecule has 0 spiro atoms. The number of carbonyl (C=O) groups excluding carboxylic acids is 3. The Morgan fingerprint density at radius 2 is 1.65 bits per heavy atom. The highest BCUT2D eigenvalue weighted by atomic mass is 32.2. The van der Waals surface area contributed by atoms with Gasteiger partial charge in [-0.3, -0.25) is 19.7 Å². The highest BCUT2D eigenvalue weighted by Gasteiger charge is 2.31. The van der Waals surface area contributed by atoms with Crippen molar-refractivity contribution in [2.75, 3.05) is 6.54 Å². The minimum absolute atomic E-state index is 0.0665. The van der Waals surface area contributed by atoms with Crippen LogP contribution >= 0.6 is 11.8 Å². The van der Waals surface area contributed by atoms with Gasteiger partial charge in [0.2, 0.25) is 5.91 Å². The Morgan fingerprint density at radius 1 is 0.871 bits per heavy atom. The van der Waals surface area contributed by atoms with Crippen molar-refractivity contribution in [3.05, 3.63) is 95.6 Å². The highest BCUT2D eigenvalue weighted by Crippen LogP contribution is 2.25. The van der Waals surface area contributed by atoms with E-state index in [9.17, 15) is 14.4 Å². The smallest absolute Gasteiger partial charge is 0.286 e. The van der Waals surface area contributed by atoms with Crippen LogP contribution in [-0.2, 0) is 17.6 Å². The molecule has 4 rings (SSSR count). The van der Waals surface area contributed by atoms with E-state index in [4.69, 9.17) is 0 Å². The molecule has 1 unspecified atom stereocenters. The molecule has 2 N–H and O–H groups in total. The summed E-state index contributed by atoms with van der Waals surface area (Å²) in [5.41, 5.74) is 5.01. The van der Waals surface area contributed by atoms with E-state index in [2.05, 4.69) is 28.8 Å². The quantitative estimate of drug-likeness (QED) is 0.589. The molecule has 31 heavy (non-hydrogen) atoms. The first-order chi connectivity index (χ1) is 15.1. The third kappa shape index (κ3) is 5.41. The number of rotatable bonds is 7. The molecule has 5 nitrogen and oxygen atoms in total. The van der Waals surface area contributed by atoms with Crippen LogP contribution in [0.25, 0.3) is 11.1 Å². The van der Waals surface area contributed by atoms with E-state index in [1.807, 2.05) is 48.5 Å². The van der Waals surface area contributed by atoms with Crippen molar-refractivity contribution in [3.63, 3.8) is 0 Å². The van der Waals surface area contributed by atoms with E-state index >= 15 is 0 Å². The van der Waals surface area contributed by atoms with Gasteiger partial charge in [-0.25, -0.2) is 0 Å². The van der Waals surface area contributed by atoms with Gasteiger partial charge in [0.1, 0.15) is 0 Å². The Labute approximate surface area is 185 Å². The standard InChI is InChI=1S/C25H22N2O3S/c28-23(20-6-2-1-3-7-20)26-14-13-17-5-4-8-21(15-17)19-11-9-18(10-12-19)16-22-24(29)27-25(30)31-22/h1-12,15,22H,13-14,16H2,(H,26,28)(H,27,29,30). The van der Waals surface area contributed by atoms with Gasteiger partial charge in [0.15, 0.2) is 0 Å². The Hall–Kier alpha value is -3.38. The number of amides is 3. The Balaban J connectivity index is 1.35. The van der Waals surface area contributed by atoms with Crippen molar-refractivity contribution in [3.8, 4) is 11.1 Å². The first-order valence-electron chi connectivity index (χ1n) is 10.1. The van der Waals surface area contributed by atoms with E-state index in [1.54, 1.807) is 12.1 Å². The van der Waals surface area contributed by atoms with Crippen LogP contribution in [0.4, 0.5) is 4.79 Å². The second-order valence-electron chi connectivity index (χ2n) is 7.36. The number of benzene rings is 3. The van der Waals surface area contributed by atoms with Crippen molar-refractivity contribution in [2.45, 2.75) is 18.1 Å². The molecule has 156 valence electrons. The topological polar surface area (TPSA) is 75.3 Å². The van der Waals surface area contributed by atoms with Crippen LogP contribution in [0.5, 0.6) is 0 Å². The molecule has 6 heteroatoms. The lowest BCUT2D eigenvalue weighted by Crippen LogP contribution is -2.25. The third-order valence-corrected chi connectivity index (χ3v) is 6.12. The Morgan fingerprint density at radius 3 is 2.35 bits per heavy atom. The summed E-state index contributed by atoms with van der Waals surface area (Å²) < 4.78 is 0. The second-order valence-corrected chi connectivity index (χ2v) is 8.53. The minimum atomic E-state index is -0.354. The number of carbonyl (C=O) groups is 3. The molecule has 0 aromatic heterocycles. The SMILES string of the molecule is O=C1NC(=O)C(Cc2ccc(-c3cccc(CCNC(=O)c4ccccc4)c3)cc2)S1. The van der Waals surface area contributed by atoms with Crippen LogP contribution in [0.1, 0.15) is 21.5 Å². The number of thioether (sulfide) groups is 1. The van der Waals surface area contributed by atoms with Gasteiger partial charge in [-0.05, 0) is 47.2 Å². The molecule has 0 aliphatic carbocycles. The van der Waals surface area contributed by atoms with Crippen molar-refractivity contribution in [1.29, 1.82) is 0 Å². The maximum Gasteiger partial charge on any atom is 0.286 e. The summed E-state index contributed by atoms with van der Waals surface area (Å²) in [6, 6.07) is 25.5. The summed E-state index contributed by atoms with van der Waals surface area (Å²) in [6.45, 7) is 0.565. The van der Waals surface area contributed by atoms with Crippen molar-refractivity contribution < 1.29 is 14.4 Å². The largest absolute Gasteiger partial charge is 0.352 e. The second kappa shape index (κ2) is 9.62. The number of hydrogen-bond donors (Lipinski definition) is 2. The van der Waals surface area contributed by atoms with Crippen molar-refractivity contribution >= 4 is 28.8 Å². The average Bonchev–Trinajstić information content (AvgIpc) is 3.11. The van der Waals surface area contributed by atoms with E-state index in [0.29, 0.717) is 18.5 Å². The molecule has 1 atom stereocenters. The van der Waals surface area contributed by atoms with Gasteiger partial charge in [-0.1, -0.05) is 78.5 Å². The molecule has 0 saturated carbocycles. The molecule has 0 bridgehead atoms. The lowest BCUT2D eigenvalue weighted by atomic mass is 9.99. The van der Waals surface area contributed by atoms with Crippen molar-refractivity contribution in [1.82, 2.24) is 10.6 Å². The molecule has 0 radical (unpaired) electrons. The Bertz CT molecular complexity index is 1100. The monoisotopic (exact) mass is 430 g/mol. The van der Waals surface area contributed by atoms with Crippen LogP contribution in [0.2, 0.25) is 0 Å². The lowest BCUT2D eigenvalue weighted by molar-refractivity contribution is -0.118. The Kier molecular flexibility index (Phi) is 6.48. The van der Waals surface area contributed by atoms with Gasteiger partial charge in [0, 0.05) is 12.1 Å². The van der Waals surface area contributed by atoms with Crippen LogP contribution < -0.4 is 10.6 Å². The summed E-state index contributed by atoms with van der Waals surface area (Å²) in [6.07, 6.45) is 1.27. The first kappa shape index (κ1) is 20.9. The van der Waals surface area contributed by atoms with Gasteiger partial charge in [-0.2, -0.15) is 0 Å². The molecular weight excluding hydrogens is 408 g/mol. The molecule has 1 aliphatic heterocycles. The van der Waals surface area contributed by atoms with Crippen molar-refractivity contribution in [2.24, 2.45) is 0 Å². The molecule has 3 aromatic rings. The van der Waals surface area contributed by atoms with Crippen LogP contribution in [0.15, 0.2) is 78.9 Å². The van der Waals surface area contributed by atoms with E-state index in [0.717, 1.165) is 40.4 Å². The summed E-state index contributed by atoms with van der Waals surface area (Å²) in [7, 11) is 0. The highest BCUT2D eigenvalue weighted by molar-refractivity contribution is 8.15. The predicted molar refractivity (Wildman–Crippen MR) is 123 cm³/mol. The summed E-state index contributed by atoms with van der Waals surface area (Å²) >= 11 is 1.05. The molecule has 3 amide bonds. The zero-order valence-corrected chi connectivity index (χ0v) is 17.7. The molecule has 1 fully saturated rings. The zero-order valence-electron chi connectivity index (χ0n) is 16.8. The summed E-state index contributed by atoms with van der Waals surface area (Å²) in [5.74, 6) is -0.283. The zero-order chi connectivity index (χ0) is 21.6. The summed E-state index contributed by atoms with van der Waals surface area (Å²) in [5, 5.41) is 4.65. The lowest BCUT2D eigenvalue weighted by Gasteiger charge is -2.09. The average molecular weight is 431 g/mol. The predicted octanol–water partition coefficient (Wildman–Crippen LogP) is 4.22. The van der Waals surface area contributed by atoms with Gasteiger partial charge >= 0.3 is 0 Å². The van der Waals surface area contributed by atoms with E-state index < -0.39 is 0 Å². The molecule has 3 aromatic carbocycles. The van der Waals surface area contributed by atoms with Gasteiger partial charge < -0.3 is 5.32 Å². The first-order valence-corrected chi connectivity index (χ1v) is 11.0. The van der Waals surface area contributed by atoms with Crippen LogP contribution in [0.3, 0.4) is 0 Å². The van der Waals surface area contributed by atoms with Gasteiger partial charge in [0.05, 0.1) is 5.25 Å². The fraction of sp³-hybridized carbons (Fsp3) is 0.160. The number of imide groups is 1. The third-order valence-electron chi connectivity index (χ3n) is 5.14. The maximum absolute atomic E-state index is 12.2. The number of hydrogen-bond acceptors (Lipinski definition) is 4. The van der Waals surface area contributed by atoms with E-state index in [1.165, 1.54) is 0 Å². The minimum Gasteiger partial charge on any atom is -0.352 e. The van der Waals surface area contributed by atoms with Gasteiger partial charge in [-0.15, -0.1) is 0 Å². The molecule has 1 heterocycles. The molecule has 1 saturated heterocycles. The van der Waals surface area contributed by atoms with Gasteiger partial charge in [0.25, 0.3) is 11.1 Å². The number of nitrogens with one attached hydrogen (secondary N) is 2.